The van der Waals surface area contributed by atoms with Gasteiger partial charge in [-0.05, 0) is 46.8 Å². The van der Waals surface area contributed by atoms with E-state index < -0.39 is 0 Å². The molecule has 1 saturated carbocycles. The molecule has 1 fully saturated rings. The van der Waals surface area contributed by atoms with Crippen LogP contribution in [0.1, 0.15) is 68.2 Å². The summed E-state index contributed by atoms with van der Waals surface area (Å²) in [7, 11) is 4.33. The molecule has 1 atom stereocenters. The fraction of sp³-hybridized carbons (Fsp3) is 0.824. The first-order valence-electron chi connectivity index (χ1n) is 8.62. The van der Waals surface area contributed by atoms with Crippen molar-refractivity contribution in [1.82, 2.24) is 19.8 Å². The van der Waals surface area contributed by atoms with Gasteiger partial charge in [0.1, 0.15) is 5.82 Å². The predicted molar refractivity (Wildman–Crippen MR) is 86.7 cm³/mol. The second-order valence-corrected chi connectivity index (χ2v) is 7.08. The van der Waals surface area contributed by atoms with Crippen molar-refractivity contribution in [3.63, 3.8) is 0 Å². The fourth-order valence-electron chi connectivity index (χ4n) is 3.89. The highest BCUT2D eigenvalue weighted by Crippen LogP contribution is 2.37. The quantitative estimate of drug-likeness (QED) is 0.905. The first kappa shape index (κ1) is 15.0. The summed E-state index contributed by atoms with van der Waals surface area (Å²) in [5.74, 6) is 2.10. The topological polar surface area (TPSA) is 33.1 Å². The highest BCUT2D eigenvalue weighted by molar-refractivity contribution is 5.23. The third-order valence-corrected chi connectivity index (χ3v) is 5.11. The standard InChI is InChI=1S/C17H30N4/c1-13(9-11-20(2)3)21-16-8-10-18-12-15(16)19-17(21)14-6-4-5-7-14/h13-14,18H,4-12H2,1-3H3. The third-order valence-electron chi connectivity index (χ3n) is 5.11. The van der Waals surface area contributed by atoms with Crippen LogP contribution in [0.2, 0.25) is 0 Å². The summed E-state index contributed by atoms with van der Waals surface area (Å²) in [6, 6.07) is 0.567. The zero-order valence-electron chi connectivity index (χ0n) is 13.9. The van der Waals surface area contributed by atoms with E-state index in [2.05, 4.69) is 35.8 Å². The van der Waals surface area contributed by atoms with Crippen molar-refractivity contribution < 1.29 is 0 Å². The summed E-state index contributed by atoms with van der Waals surface area (Å²) in [6.45, 7) is 5.59. The van der Waals surface area contributed by atoms with Crippen molar-refractivity contribution in [2.45, 2.75) is 64.0 Å². The molecule has 1 unspecified atom stereocenters. The Morgan fingerprint density at radius 3 is 2.81 bits per heavy atom. The zero-order valence-corrected chi connectivity index (χ0v) is 13.9. The Morgan fingerprint density at radius 1 is 1.33 bits per heavy atom. The zero-order chi connectivity index (χ0) is 14.8. The molecule has 0 bridgehead atoms. The number of fused-ring (bicyclic) bond motifs is 1. The molecule has 0 radical (unpaired) electrons. The molecule has 118 valence electrons. The van der Waals surface area contributed by atoms with Crippen molar-refractivity contribution in [1.29, 1.82) is 0 Å². The minimum atomic E-state index is 0.567. The van der Waals surface area contributed by atoms with Crippen LogP contribution in [0.4, 0.5) is 0 Å². The van der Waals surface area contributed by atoms with Crippen LogP contribution < -0.4 is 5.32 Å². The first-order chi connectivity index (χ1) is 10.2. The second-order valence-electron chi connectivity index (χ2n) is 7.08. The highest BCUT2D eigenvalue weighted by Gasteiger charge is 2.28. The van der Waals surface area contributed by atoms with Crippen LogP contribution in [0.25, 0.3) is 0 Å². The molecule has 2 heterocycles. The molecule has 1 aliphatic carbocycles. The minimum absolute atomic E-state index is 0.567. The summed E-state index contributed by atoms with van der Waals surface area (Å²) in [6.07, 6.45) is 7.79. The Labute approximate surface area is 128 Å². The number of aromatic nitrogens is 2. The van der Waals surface area contributed by atoms with Gasteiger partial charge in [-0.2, -0.15) is 0 Å². The molecule has 0 aromatic carbocycles. The van der Waals surface area contributed by atoms with Crippen molar-refractivity contribution in [2.75, 3.05) is 27.2 Å². The fourth-order valence-corrected chi connectivity index (χ4v) is 3.89. The maximum Gasteiger partial charge on any atom is 0.112 e. The van der Waals surface area contributed by atoms with Crippen LogP contribution in [0.5, 0.6) is 0 Å². The molecule has 0 amide bonds. The Morgan fingerprint density at radius 2 is 2.10 bits per heavy atom. The van der Waals surface area contributed by atoms with Gasteiger partial charge < -0.3 is 14.8 Å². The van der Waals surface area contributed by atoms with Crippen molar-refractivity contribution in [3.05, 3.63) is 17.2 Å². The summed E-state index contributed by atoms with van der Waals surface area (Å²) in [4.78, 5) is 7.36. The number of hydrogen-bond acceptors (Lipinski definition) is 3. The molecule has 1 aromatic rings. The van der Waals surface area contributed by atoms with Crippen molar-refractivity contribution >= 4 is 0 Å². The summed E-state index contributed by atoms with van der Waals surface area (Å²) in [5, 5.41) is 3.48. The molecule has 0 spiro atoms. The normalized spacial score (nSPS) is 21.0. The monoisotopic (exact) mass is 290 g/mol. The van der Waals surface area contributed by atoms with Gasteiger partial charge in [-0.1, -0.05) is 12.8 Å². The van der Waals surface area contributed by atoms with E-state index in [0.29, 0.717) is 12.0 Å². The van der Waals surface area contributed by atoms with Crippen molar-refractivity contribution in [2.24, 2.45) is 0 Å². The van der Waals surface area contributed by atoms with Crippen LogP contribution in [-0.2, 0) is 13.0 Å². The molecule has 3 rings (SSSR count). The molecule has 0 saturated heterocycles. The Balaban J connectivity index is 1.89. The van der Waals surface area contributed by atoms with Crippen LogP contribution >= 0.6 is 0 Å². The molecule has 2 aliphatic rings. The van der Waals surface area contributed by atoms with Crippen LogP contribution in [0.3, 0.4) is 0 Å². The summed E-state index contributed by atoms with van der Waals surface area (Å²) >= 11 is 0. The lowest BCUT2D eigenvalue weighted by molar-refractivity contribution is 0.347. The van der Waals surface area contributed by atoms with E-state index in [4.69, 9.17) is 4.98 Å². The lowest BCUT2D eigenvalue weighted by Crippen LogP contribution is -2.26. The number of nitrogens with zero attached hydrogens (tertiary/aromatic N) is 3. The van der Waals surface area contributed by atoms with Gasteiger partial charge in [0.2, 0.25) is 0 Å². The maximum absolute atomic E-state index is 5.07. The van der Waals surface area contributed by atoms with Crippen LogP contribution in [0.15, 0.2) is 0 Å². The van der Waals surface area contributed by atoms with E-state index in [1.165, 1.54) is 49.3 Å². The van der Waals surface area contributed by atoms with Gasteiger partial charge in [0.25, 0.3) is 0 Å². The molecule has 21 heavy (non-hydrogen) atoms. The van der Waals surface area contributed by atoms with Gasteiger partial charge in [-0.3, -0.25) is 0 Å². The molecule has 4 nitrogen and oxygen atoms in total. The first-order valence-corrected chi connectivity index (χ1v) is 8.62. The minimum Gasteiger partial charge on any atom is -0.329 e. The van der Waals surface area contributed by atoms with Gasteiger partial charge >= 0.3 is 0 Å². The molecule has 1 aromatic heterocycles. The molecule has 1 N–H and O–H groups in total. The lowest BCUT2D eigenvalue weighted by Gasteiger charge is -2.24. The molecular formula is C17H30N4. The SMILES string of the molecule is CC(CCN(C)C)n1c(C2CCCC2)nc2c1CCNC2. The number of imidazole rings is 1. The van der Waals surface area contributed by atoms with Crippen LogP contribution in [-0.4, -0.2) is 41.6 Å². The highest BCUT2D eigenvalue weighted by atomic mass is 15.2. The largest absolute Gasteiger partial charge is 0.329 e. The van der Waals surface area contributed by atoms with Gasteiger partial charge in [-0.15, -0.1) is 0 Å². The van der Waals surface area contributed by atoms with Crippen molar-refractivity contribution in [3.8, 4) is 0 Å². The summed E-state index contributed by atoms with van der Waals surface area (Å²) < 4.78 is 2.62. The summed E-state index contributed by atoms with van der Waals surface area (Å²) in [5.41, 5.74) is 2.83. The molecule has 4 heteroatoms. The average molecular weight is 290 g/mol. The number of rotatable bonds is 5. The van der Waals surface area contributed by atoms with Gasteiger partial charge in [0, 0.05) is 37.2 Å². The van der Waals surface area contributed by atoms with Gasteiger partial charge in [0.05, 0.1) is 5.69 Å². The third kappa shape index (κ3) is 3.16. The predicted octanol–water partition coefficient (Wildman–Crippen LogP) is 2.70. The Hall–Kier alpha value is -0.870. The van der Waals surface area contributed by atoms with Gasteiger partial charge in [0.15, 0.2) is 0 Å². The van der Waals surface area contributed by atoms with Crippen LogP contribution in [0, 0.1) is 0 Å². The lowest BCUT2D eigenvalue weighted by atomic mass is 10.1. The maximum atomic E-state index is 5.07. The average Bonchev–Trinajstić information content (AvgIpc) is 3.11. The Kier molecular flexibility index (Phi) is 4.65. The van der Waals surface area contributed by atoms with E-state index in [9.17, 15) is 0 Å². The smallest absolute Gasteiger partial charge is 0.112 e. The van der Waals surface area contributed by atoms with E-state index in [1.807, 2.05) is 0 Å². The Bertz CT molecular complexity index is 471. The molecular weight excluding hydrogens is 260 g/mol. The number of nitrogens with one attached hydrogen (secondary N) is 1. The molecule has 1 aliphatic heterocycles. The van der Waals surface area contributed by atoms with Gasteiger partial charge in [-0.25, -0.2) is 4.98 Å². The second kappa shape index (κ2) is 6.49. The van der Waals surface area contributed by atoms with E-state index in [-0.39, 0.29) is 0 Å². The van der Waals surface area contributed by atoms with E-state index in [1.54, 1.807) is 0 Å². The van der Waals surface area contributed by atoms with E-state index in [0.717, 1.165) is 26.1 Å². The number of hydrogen-bond donors (Lipinski definition) is 1. The van der Waals surface area contributed by atoms with E-state index >= 15 is 0 Å².